The van der Waals surface area contributed by atoms with Gasteiger partial charge >= 0.3 is 0 Å². The van der Waals surface area contributed by atoms with Crippen molar-refractivity contribution in [1.82, 2.24) is 0 Å². The number of rotatable bonds is 11. The third kappa shape index (κ3) is 6.17. The quantitative estimate of drug-likeness (QED) is 0.490. The molecule has 1 aromatic carbocycles. The molecule has 0 aliphatic carbocycles. The van der Waals surface area contributed by atoms with Crippen molar-refractivity contribution in [3.63, 3.8) is 0 Å². The van der Waals surface area contributed by atoms with Crippen molar-refractivity contribution >= 4 is 16.9 Å². The van der Waals surface area contributed by atoms with Crippen LogP contribution in [0.1, 0.15) is 67.3 Å². The number of thiophene rings is 1. The Hall–Kier alpha value is -1.66. The highest BCUT2D eigenvalue weighted by Gasteiger charge is 2.20. The van der Waals surface area contributed by atoms with Gasteiger partial charge in [-0.05, 0) is 73.6 Å². The van der Waals surface area contributed by atoms with Gasteiger partial charge in [0.2, 0.25) is 0 Å². The molecular weight excluding hydrogens is 372 g/mol. The number of hydrogen-bond donors (Lipinski definition) is 3. The maximum atomic E-state index is 10.4. The zero-order chi connectivity index (χ0) is 20.6. The van der Waals surface area contributed by atoms with Crippen molar-refractivity contribution in [2.45, 2.75) is 71.9 Å². The van der Waals surface area contributed by atoms with Crippen molar-refractivity contribution in [2.24, 2.45) is 0 Å². The average molecular weight is 405 g/mol. The molecule has 1 heterocycles. The fraction of sp³-hybridized carbons (Fsp3) is 0.478. The van der Waals surface area contributed by atoms with E-state index in [0.29, 0.717) is 23.5 Å². The third-order valence-corrected chi connectivity index (χ3v) is 6.52. The Morgan fingerprint density at radius 3 is 2.43 bits per heavy atom. The van der Waals surface area contributed by atoms with Gasteiger partial charge < -0.3 is 20.1 Å². The lowest BCUT2D eigenvalue weighted by Gasteiger charge is -2.24. The first kappa shape index (κ1) is 22.6. The molecule has 1 aromatic heterocycles. The van der Waals surface area contributed by atoms with Crippen LogP contribution in [-0.2, 0) is 19.8 Å². The molecule has 0 saturated heterocycles. The van der Waals surface area contributed by atoms with Crippen LogP contribution in [0.2, 0.25) is 0 Å². The van der Waals surface area contributed by atoms with E-state index in [-0.39, 0.29) is 13.2 Å². The van der Waals surface area contributed by atoms with E-state index < -0.39 is 5.60 Å². The minimum atomic E-state index is -0.551. The summed E-state index contributed by atoms with van der Waals surface area (Å²) in [5, 5.41) is 29.0. The summed E-state index contributed by atoms with van der Waals surface area (Å²) in [4.78, 5) is 2.33. The molecule has 2 rings (SSSR count). The van der Waals surface area contributed by atoms with Crippen molar-refractivity contribution in [1.29, 1.82) is 0 Å². The topological polar surface area (TPSA) is 69.9 Å². The zero-order valence-electron chi connectivity index (χ0n) is 17.1. The monoisotopic (exact) mass is 404 g/mol. The van der Waals surface area contributed by atoms with Gasteiger partial charge in [0, 0.05) is 9.75 Å². The molecule has 5 heteroatoms. The Labute approximate surface area is 172 Å². The highest BCUT2D eigenvalue weighted by molar-refractivity contribution is 7.13. The van der Waals surface area contributed by atoms with E-state index in [2.05, 4.69) is 25.1 Å². The van der Waals surface area contributed by atoms with Gasteiger partial charge in [-0.3, -0.25) is 0 Å². The second kappa shape index (κ2) is 10.8. The Morgan fingerprint density at radius 2 is 1.79 bits per heavy atom. The first-order valence-corrected chi connectivity index (χ1v) is 10.7. The predicted molar refractivity (Wildman–Crippen MR) is 115 cm³/mol. The smallest absolute Gasteiger partial charge is 0.122 e. The minimum Gasteiger partial charge on any atom is -0.488 e. The molecule has 154 valence electrons. The van der Waals surface area contributed by atoms with Gasteiger partial charge in [0.15, 0.2) is 0 Å². The first-order chi connectivity index (χ1) is 13.4. The summed E-state index contributed by atoms with van der Waals surface area (Å²) in [6.45, 7) is 6.43. The van der Waals surface area contributed by atoms with Crippen LogP contribution in [0, 0.1) is 0 Å². The minimum absolute atomic E-state index is 0.0933. The molecule has 4 nitrogen and oxygen atoms in total. The molecule has 0 spiro atoms. The highest BCUT2D eigenvalue weighted by atomic mass is 32.1. The average Bonchev–Trinajstić information content (AvgIpc) is 3.21. The Bertz CT molecular complexity index is 775. The SMILES string of the molecule is CCC(O)(CC)CC/C=C(/C)c1ccc(COc2ccc(CO)c(CO)c2)s1. The fourth-order valence-electron chi connectivity index (χ4n) is 3.08. The van der Waals surface area contributed by atoms with Gasteiger partial charge in [-0.25, -0.2) is 0 Å². The van der Waals surface area contributed by atoms with Crippen molar-refractivity contribution < 1.29 is 20.1 Å². The summed E-state index contributed by atoms with van der Waals surface area (Å²) in [6.07, 6.45) is 5.43. The molecule has 0 bridgehead atoms. The van der Waals surface area contributed by atoms with E-state index in [1.807, 2.05) is 19.9 Å². The normalized spacial score (nSPS) is 12.4. The van der Waals surface area contributed by atoms with Crippen LogP contribution >= 0.6 is 11.3 Å². The lowest BCUT2D eigenvalue weighted by molar-refractivity contribution is 0.0246. The van der Waals surface area contributed by atoms with Gasteiger partial charge in [-0.1, -0.05) is 26.0 Å². The second-order valence-corrected chi connectivity index (χ2v) is 8.33. The summed E-state index contributed by atoms with van der Waals surface area (Å²) in [5.41, 5.74) is 2.07. The van der Waals surface area contributed by atoms with E-state index in [0.717, 1.165) is 30.6 Å². The number of allylic oxidation sites excluding steroid dienone is 2. The standard InChI is InChI=1S/C23H32O4S/c1-4-23(26,5-2)12-6-7-17(3)22-11-10-21(28-22)16-27-20-9-8-18(14-24)19(13-20)15-25/h7-11,13,24-26H,4-6,12,14-16H2,1-3H3/b17-7-. The van der Waals surface area contributed by atoms with Crippen LogP contribution in [0.3, 0.4) is 0 Å². The molecule has 0 fully saturated rings. The number of ether oxygens (including phenoxy) is 1. The molecule has 0 aliphatic rings. The van der Waals surface area contributed by atoms with Crippen LogP contribution in [0.15, 0.2) is 36.4 Å². The van der Waals surface area contributed by atoms with Gasteiger partial charge in [0.1, 0.15) is 12.4 Å². The van der Waals surface area contributed by atoms with Gasteiger partial charge in [0.05, 0.1) is 18.8 Å². The molecule has 0 saturated carbocycles. The zero-order valence-corrected chi connectivity index (χ0v) is 17.9. The molecule has 2 aromatic rings. The summed E-state index contributed by atoms with van der Waals surface area (Å²) >= 11 is 1.70. The summed E-state index contributed by atoms with van der Waals surface area (Å²) in [7, 11) is 0. The predicted octanol–water partition coefficient (Wildman–Crippen LogP) is 5.05. The van der Waals surface area contributed by atoms with Gasteiger partial charge in [-0.15, -0.1) is 11.3 Å². The van der Waals surface area contributed by atoms with Crippen LogP contribution in [0.25, 0.3) is 5.57 Å². The van der Waals surface area contributed by atoms with E-state index >= 15 is 0 Å². The lowest BCUT2D eigenvalue weighted by Crippen LogP contribution is -2.25. The highest BCUT2D eigenvalue weighted by Crippen LogP contribution is 2.28. The van der Waals surface area contributed by atoms with Gasteiger partial charge in [0.25, 0.3) is 0 Å². The number of hydrogen-bond acceptors (Lipinski definition) is 5. The van der Waals surface area contributed by atoms with Crippen LogP contribution in [0.4, 0.5) is 0 Å². The number of aliphatic hydroxyl groups excluding tert-OH is 2. The molecule has 0 atom stereocenters. The molecule has 0 aliphatic heterocycles. The molecule has 3 N–H and O–H groups in total. The second-order valence-electron chi connectivity index (χ2n) is 7.16. The van der Waals surface area contributed by atoms with E-state index in [1.54, 1.807) is 23.5 Å². The lowest BCUT2D eigenvalue weighted by atomic mass is 9.91. The van der Waals surface area contributed by atoms with Crippen molar-refractivity contribution in [3.8, 4) is 5.75 Å². The first-order valence-electron chi connectivity index (χ1n) is 9.89. The Morgan fingerprint density at radius 1 is 1.07 bits per heavy atom. The van der Waals surface area contributed by atoms with E-state index in [1.165, 1.54) is 10.5 Å². The van der Waals surface area contributed by atoms with Crippen LogP contribution in [-0.4, -0.2) is 20.9 Å². The molecular formula is C23H32O4S. The maximum absolute atomic E-state index is 10.4. The maximum Gasteiger partial charge on any atom is 0.122 e. The summed E-state index contributed by atoms with van der Waals surface area (Å²) in [5.74, 6) is 0.682. The van der Waals surface area contributed by atoms with Crippen molar-refractivity contribution in [2.75, 3.05) is 0 Å². The third-order valence-electron chi connectivity index (χ3n) is 5.33. The van der Waals surface area contributed by atoms with Gasteiger partial charge in [-0.2, -0.15) is 0 Å². The largest absolute Gasteiger partial charge is 0.488 e. The van der Waals surface area contributed by atoms with Crippen molar-refractivity contribution in [3.05, 3.63) is 57.3 Å². The van der Waals surface area contributed by atoms with E-state index in [9.17, 15) is 15.3 Å². The Kier molecular flexibility index (Phi) is 8.70. The molecule has 28 heavy (non-hydrogen) atoms. The molecule has 0 amide bonds. The fourth-order valence-corrected chi connectivity index (χ4v) is 3.99. The molecule has 0 unspecified atom stereocenters. The van der Waals surface area contributed by atoms with E-state index in [4.69, 9.17) is 4.74 Å². The number of benzene rings is 1. The summed E-state index contributed by atoms with van der Waals surface area (Å²) < 4.78 is 5.85. The molecule has 0 radical (unpaired) electrons. The number of aliphatic hydroxyl groups is 3. The van der Waals surface area contributed by atoms with Crippen LogP contribution in [0.5, 0.6) is 5.75 Å². The summed E-state index contributed by atoms with van der Waals surface area (Å²) in [6, 6.07) is 9.54. The Balaban J connectivity index is 1.94. The van der Waals surface area contributed by atoms with Crippen LogP contribution < -0.4 is 4.74 Å².